The zero-order valence-corrected chi connectivity index (χ0v) is 19.1. The van der Waals surface area contributed by atoms with Crippen LogP contribution in [0.4, 0.5) is 0 Å². The van der Waals surface area contributed by atoms with Crippen molar-refractivity contribution in [2.24, 2.45) is 5.92 Å². The SMILES string of the molecule is COc1cc(/C=C/CN(C)CC2CCN(CCc3ccccc3OC)CC2)ccc1O. The van der Waals surface area contributed by atoms with Crippen LogP contribution in [0, 0.1) is 5.92 Å². The number of piperidine rings is 1. The van der Waals surface area contributed by atoms with Crippen LogP contribution < -0.4 is 9.47 Å². The third-order valence-electron chi connectivity index (χ3n) is 6.10. The normalized spacial score (nSPS) is 15.6. The quantitative estimate of drug-likeness (QED) is 0.616. The lowest BCUT2D eigenvalue weighted by Gasteiger charge is -2.33. The summed E-state index contributed by atoms with van der Waals surface area (Å²) < 4.78 is 10.6. The van der Waals surface area contributed by atoms with Gasteiger partial charge in [-0.05, 0) is 74.6 Å². The Morgan fingerprint density at radius 1 is 1.06 bits per heavy atom. The number of benzene rings is 2. The van der Waals surface area contributed by atoms with Crippen LogP contribution in [0.15, 0.2) is 48.5 Å². The summed E-state index contributed by atoms with van der Waals surface area (Å²) in [6.07, 6.45) is 7.82. The summed E-state index contributed by atoms with van der Waals surface area (Å²) in [7, 11) is 5.51. The van der Waals surface area contributed by atoms with Crippen LogP contribution in [-0.4, -0.2) is 68.9 Å². The summed E-state index contributed by atoms with van der Waals surface area (Å²) in [5, 5.41) is 9.70. The summed E-state index contributed by atoms with van der Waals surface area (Å²) >= 11 is 0. The highest BCUT2D eigenvalue weighted by molar-refractivity contribution is 5.55. The van der Waals surface area contributed by atoms with Crippen molar-refractivity contribution < 1.29 is 14.6 Å². The number of rotatable bonds is 10. The van der Waals surface area contributed by atoms with Crippen LogP contribution in [0.1, 0.15) is 24.0 Å². The molecule has 1 aliphatic rings. The number of nitrogens with zero attached hydrogens (tertiary/aromatic N) is 2. The van der Waals surface area contributed by atoms with E-state index in [1.165, 1.54) is 31.5 Å². The molecule has 0 amide bonds. The van der Waals surface area contributed by atoms with E-state index in [9.17, 15) is 5.11 Å². The molecule has 1 saturated heterocycles. The second-order valence-corrected chi connectivity index (χ2v) is 8.40. The molecule has 0 spiro atoms. The fourth-order valence-electron chi connectivity index (χ4n) is 4.26. The van der Waals surface area contributed by atoms with Crippen molar-refractivity contribution in [1.29, 1.82) is 0 Å². The van der Waals surface area contributed by atoms with Gasteiger partial charge < -0.3 is 24.4 Å². The first-order valence-corrected chi connectivity index (χ1v) is 11.2. The number of phenolic OH excluding ortho intramolecular Hbond substituents is 1. The molecular formula is C26H36N2O3. The molecule has 3 rings (SSSR count). The minimum atomic E-state index is 0.172. The molecule has 0 unspecified atom stereocenters. The Hall–Kier alpha value is -2.50. The van der Waals surface area contributed by atoms with Crippen LogP contribution in [0.25, 0.3) is 6.08 Å². The Labute approximate surface area is 186 Å². The first-order chi connectivity index (χ1) is 15.1. The first kappa shape index (κ1) is 23.2. The van der Waals surface area contributed by atoms with Gasteiger partial charge in [0.05, 0.1) is 14.2 Å². The van der Waals surface area contributed by atoms with Crippen molar-refractivity contribution in [3.8, 4) is 17.2 Å². The molecule has 0 atom stereocenters. The molecule has 1 N–H and O–H groups in total. The Kier molecular flexibility index (Phi) is 8.80. The average Bonchev–Trinajstić information content (AvgIpc) is 2.80. The molecule has 0 saturated carbocycles. The molecule has 2 aromatic rings. The van der Waals surface area contributed by atoms with Crippen LogP contribution >= 0.6 is 0 Å². The van der Waals surface area contributed by atoms with Crippen molar-refractivity contribution in [1.82, 2.24) is 9.80 Å². The molecule has 0 bridgehead atoms. The van der Waals surface area contributed by atoms with Gasteiger partial charge in [-0.15, -0.1) is 0 Å². The predicted octanol–water partition coefficient (Wildman–Crippen LogP) is 4.31. The minimum Gasteiger partial charge on any atom is -0.504 e. The standard InChI is InChI=1S/C26H36N2O3/c1-27(15-6-7-21-10-11-24(29)26(19-21)31-3)20-22-12-16-28(17-13-22)18-14-23-8-4-5-9-25(23)30-2/h4-11,19,22,29H,12-18,20H2,1-3H3/b7-6+. The van der Waals surface area contributed by atoms with E-state index in [0.717, 1.165) is 43.3 Å². The summed E-state index contributed by atoms with van der Waals surface area (Å²) in [5.41, 5.74) is 2.33. The monoisotopic (exact) mass is 424 g/mol. The van der Waals surface area contributed by atoms with Gasteiger partial charge in [-0.1, -0.05) is 36.4 Å². The average molecular weight is 425 g/mol. The van der Waals surface area contributed by atoms with Gasteiger partial charge in [0.25, 0.3) is 0 Å². The molecule has 5 nitrogen and oxygen atoms in total. The van der Waals surface area contributed by atoms with Crippen molar-refractivity contribution in [3.05, 3.63) is 59.7 Å². The lowest BCUT2D eigenvalue weighted by molar-refractivity contribution is 0.159. The van der Waals surface area contributed by atoms with Crippen molar-refractivity contribution in [2.75, 3.05) is 54.0 Å². The van der Waals surface area contributed by atoms with Gasteiger partial charge in [0.1, 0.15) is 5.75 Å². The fourth-order valence-corrected chi connectivity index (χ4v) is 4.26. The van der Waals surface area contributed by atoms with E-state index in [1.807, 2.05) is 24.3 Å². The summed E-state index contributed by atoms with van der Waals surface area (Å²) in [6.45, 7) is 5.50. The summed E-state index contributed by atoms with van der Waals surface area (Å²) in [6, 6.07) is 13.8. The Balaban J connectivity index is 1.37. The maximum absolute atomic E-state index is 9.70. The Bertz CT molecular complexity index is 844. The lowest BCUT2D eigenvalue weighted by atomic mass is 9.96. The fraction of sp³-hybridized carbons (Fsp3) is 0.462. The molecule has 5 heteroatoms. The van der Waals surface area contributed by atoms with Crippen molar-refractivity contribution in [3.63, 3.8) is 0 Å². The second-order valence-electron chi connectivity index (χ2n) is 8.40. The van der Waals surface area contributed by atoms with Crippen LogP contribution in [0.2, 0.25) is 0 Å². The molecular weight excluding hydrogens is 388 g/mol. The minimum absolute atomic E-state index is 0.172. The first-order valence-electron chi connectivity index (χ1n) is 11.2. The van der Waals surface area contributed by atoms with Crippen LogP contribution in [0.5, 0.6) is 17.2 Å². The number of ether oxygens (including phenoxy) is 2. The largest absolute Gasteiger partial charge is 0.504 e. The number of likely N-dealkylation sites (tertiary alicyclic amines) is 1. The molecule has 168 valence electrons. The summed E-state index contributed by atoms with van der Waals surface area (Å²) in [5.74, 6) is 2.44. The van der Waals surface area contributed by atoms with Gasteiger partial charge in [0.2, 0.25) is 0 Å². The number of hydrogen-bond donors (Lipinski definition) is 1. The van der Waals surface area contributed by atoms with E-state index in [-0.39, 0.29) is 5.75 Å². The Morgan fingerprint density at radius 2 is 1.81 bits per heavy atom. The van der Waals surface area contributed by atoms with Gasteiger partial charge in [0, 0.05) is 19.6 Å². The highest BCUT2D eigenvalue weighted by Gasteiger charge is 2.20. The van der Waals surface area contributed by atoms with Crippen LogP contribution in [0.3, 0.4) is 0 Å². The van der Waals surface area contributed by atoms with Gasteiger partial charge in [-0.25, -0.2) is 0 Å². The molecule has 1 fully saturated rings. The second kappa shape index (κ2) is 11.8. The number of aromatic hydroxyl groups is 1. The number of methoxy groups -OCH3 is 2. The molecule has 2 aromatic carbocycles. The topological polar surface area (TPSA) is 45.2 Å². The number of likely N-dealkylation sites (N-methyl/N-ethyl adjacent to an activating group) is 1. The van der Waals surface area contributed by atoms with E-state index in [1.54, 1.807) is 20.3 Å². The van der Waals surface area contributed by atoms with Crippen LogP contribution in [-0.2, 0) is 6.42 Å². The molecule has 0 aromatic heterocycles. The van der Waals surface area contributed by atoms with Gasteiger partial charge in [-0.2, -0.15) is 0 Å². The number of hydrogen-bond acceptors (Lipinski definition) is 5. The molecule has 31 heavy (non-hydrogen) atoms. The lowest BCUT2D eigenvalue weighted by Crippen LogP contribution is -2.38. The molecule has 1 aliphatic heterocycles. The zero-order chi connectivity index (χ0) is 22.1. The van der Waals surface area contributed by atoms with Crippen molar-refractivity contribution >= 4 is 6.08 Å². The van der Waals surface area contributed by atoms with Crippen molar-refractivity contribution in [2.45, 2.75) is 19.3 Å². The smallest absolute Gasteiger partial charge is 0.161 e. The Morgan fingerprint density at radius 3 is 2.55 bits per heavy atom. The predicted molar refractivity (Wildman–Crippen MR) is 127 cm³/mol. The van der Waals surface area contributed by atoms with Gasteiger partial charge in [0.15, 0.2) is 11.5 Å². The number of phenols is 1. The van der Waals surface area contributed by atoms with E-state index < -0.39 is 0 Å². The van der Waals surface area contributed by atoms with Gasteiger partial charge in [-0.3, -0.25) is 0 Å². The van der Waals surface area contributed by atoms with Gasteiger partial charge >= 0.3 is 0 Å². The van der Waals surface area contributed by atoms with E-state index in [2.05, 4.69) is 41.1 Å². The highest BCUT2D eigenvalue weighted by Crippen LogP contribution is 2.27. The van der Waals surface area contributed by atoms with E-state index in [4.69, 9.17) is 9.47 Å². The zero-order valence-electron chi connectivity index (χ0n) is 19.1. The van der Waals surface area contributed by atoms with E-state index in [0.29, 0.717) is 5.75 Å². The number of para-hydroxylation sites is 1. The molecule has 0 aliphatic carbocycles. The highest BCUT2D eigenvalue weighted by atomic mass is 16.5. The molecule has 1 heterocycles. The maximum Gasteiger partial charge on any atom is 0.161 e. The third-order valence-corrected chi connectivity index (χ3v) is 6.10. The summed E-state index contributed by atoms with van der Waals surface area (Å²) in [4.78, 5) is 4.98. The molecule has 0 radical (unpaired) electrons. The van der Waals surface area contributed by atoms with E-state index >= 15 is 0 Å². The third kappa shape index (κ3) is 7.01. The maximum atomic E-state index is 9.70.